The number of nitrogens with one attached hydrogen (secondary N) is 1. The molecule has 1 N–H and O–H groups in total. The highest BCUT2D eigenvalue weighted by atomic mass is 16.4. The first-order valence-electron chi connectivity index (χ1n) is 8.04. The van der Waals surface area contributed by atoms with Crippen molar-refractivity contribution in [2.75, 3.05) is 24.3 Å². The number of carbonyl (C=O) groups excluding carboxylic acids is 1. The summed E-state index contributed by atoms with van der Waals surface area (Å²) in [5, 5.41) is 11.0. The molecule has 0 saturated heterocycles. The number of hydrogen-bond donors (Lipinski definition) is 1. The number of amides is 1. The molecule has 0 radical (unpaired) electrons. The second-order valence-electron chi connectivity index (χ2n) is 6.69. The van der Waals surface area contributed by atoms with E-state index in [0.717, 1.165) is 23.6 Å². The van der Waals surface area contributed by atoms with E-state index in [2.05, 4.69) is 15.5 Å². The summed E-state index contributed by atoms with van der Waals surface area (Å²) in [5.74, 6) is 2.30. The quantitative estimate of drug-likeness (QED) is 0.919. The highest BCUT2D eigenvalue weighted by Gasteiger charge is 2.51. The van der Waals surface area contributed by atoms with E-state index in [0.29, 0.717) is 17.8 Å². The minimum absolute atomic E-state index is 0.155. The minimum Gasteiger partial charge on any atom is -0.403 e. The van der Waals surface area contributed by atoms with E-state index in [4.69, 9.17) is 4.42 Å². The molecule has 6 heteroatoms. The van der Waals surface area contributed by atoms with Crippen molar-refractivity contribution in [1.29, 1.82) is 0 Å². The number of carbonyl (C=O) groups is 1. The molecule has 0 spiro atoms. The maximum Gasteiger partial charge on any atom is 0.317 e. The van der Waals surface area contributed by atoms with Crippen LogP contribution in [0.2, 0.25) is 0 Å². The van der Waals surface area contributed by atoms with Crippen LogP contribution in [0.5, 0.6) is 0 Å². The van der Waals surface area contributed by atoms with Gasteiger partial charge in [-0.1, -0.05) is 5.10 Å². The number of rotatable bonds is 5. The summed E-state index contributed by atoms with van der Waals surface area (Å²) in [5.41, 5.74) is 1.65. The second kappa shape index (κ2) is 5.37. The number of anilines is 2. The molecule has 2 fully saturated rings. The van der Waals surface area contributed by atoms with E-state index in [1.54, 1.807) is 4.90 Å². The average molecular weight is 312 g/mol. The zero-order chi connectivity index (χ0) is 16.0. The summed E-state index contributed by atoms with van der Waals surface area (Å²) in [6, 6.07) is 7.99. The molecule has 4 rings (SSSR count). The summed E-state index contributed by atoms with van der Waals surface area (Å²) >= 11 is 0. The molecule has 6 nitrogen and oxygen atoms in total. The van der Waals surface area contributed by atoms with E-state index in [-0.39, 0.29) is 11.8 Å². The lowest BCUT2D eigenvalue weighted by molar-refractivity contribution is -0.117. The van der Waals surface area contributed by atoms with Crippen LogP contribution in [0.3, 0.4) is 0 Å². The van der Waals surface area contributed by atoms with Gasteiger partial charge in [0.05, 0.1) is 0 Å². The molecule has 1 aromatic heterocycles. The van der Waals surface area contributed by atoms with Crippen LogP contribution in [0.4, 0.5) is 11.7 Å². The Labute approximate surface area is 134 Å². The lowest BCUT2D eigenvalue weighted by Gasteiger charge is -2.05. The predicted octanol–water partition coefficient (Wildman–Crippen LogP) is 2.79. The topological polar surface area (TPSA) is 71.3 Å². The van der Waals surface area contributed by atoms with Crippen molar-refractivity contribution >= 4 is 17.6 Å². The molecule has 2 atom stereocenters. The Morgan fingerprint density at radius 2 is 1.96 bits per heavy atom. The standard InChI is InChI=1S/C17H20N4O2/c1-21(2)17-20-19-16(23-17)11-5-7-12(8-6-11)18-15(22)14-9-13(14)10-3-4-10/h5-8,10,13-14H,3-4,9H2,1-2H3,(H,18,22). The maximum atomic E-state index is 12.2. The molecule has 2 unspecified atom stereocenters. The molecule has 2 saturated carbocycles. The molecule has 1 aromatic carbocycles. The van der Waals surface area contributed by atoms with Crippen LogP contribution in [0.15, 0.2) is 28.7 Å². The minimum atomic E-state index is 0.155. The highest BCUT2D eigenvalue weighted by molar-refractivity contribution is 5.94. The average Bonchev–Trinajstić information content (AvgIpc) is 3.43. The first-order chi connectivity index (χ1) is 11.1. The van der Waals surface area contributed by atoms with Gasteiger partial charge in [0.15, 0.2) is 0 Å². The molecular weight excluding hydrogens is 292 g/mol. The van der Waals surface area contributed by atoms with Crippen molar-refractivity contribution in [3.05, 3.63) is 24.3 Å². The molecule has 0 aliphatic heterocycles. The Morgan fingerprint density at radius 1 is 1.22 bits per heavy atom. The van der Waals surface area contributed by atoms with Crippen molar-refractivity contribution in [2.24, 2.45) is 17.8 Å². The molecule has 120 valence electrons. The summed E-state index contributed by atoms with van der Waals surface area (Å²) < 4.78 is 5.56. The molecule has 2 aliphatic carbocycles. The van der Waals surface area contributed by atoms with Gasteiger partial charge in [0.1, 0.15) is 0 Å². The summed E-state index contributed by atoms with van der Waals surface area (Å²) in [7, 11) is 3.70. The Balaban J connectivity index is 1.40. The molecule has 2 aromatic rings. The molecule has 1 heterocycles. The van der Waals surface area contributed by atoms with Gasteiger partial charge in [-0.05, 0) is 55.4 Å². The lowest BCUT2D eigenvalue weighted by atomic mass is 10.2. The fourth-order valence-corrected chi connectivity index (χ4v) is 3.01. The Morgan fingerprint density at radius 3 is 2.57 bits per heavy atom. The van der Waals surface area contributed by atoms with Crippen molar-refractivity contribution < 1.29 is 9.21 Å². The second-order valence-corrected chi connectivity index (χ2v) is 6.69. The molecule has 23 heavy (non-hydrogen) atoms. The Bertz CT molecular complexity index is 718. The van der Waals surface area contributed by atoms with Gasteiger partial charge in [-0.25, -0.2) is 0 Å². The van der Waals surface area contributed by atoms with Gasteiger partial charge in [0.2, 0.25) is 11.8 Å². The number of aromatic nitrogens is 2. The molecule has 0 bridgehead atoms. The third-order valence-electron chi connectivity index (χ3n) is 4.60. The third-order valence-corrected chi connectivity index (χ3v) is 4.60. The SMILES string of the molecule is CN(C)c1nnc(-c2ccc(NC(=O)C3CC3C3CC3)cc2)o1. The van der Waals surface area contributed by atoms with Gasteiger partial charge < -0.3 is 14.6 Å². The smallest absolute Gasteiger partial charge is 0.317 e. The van der Waals surface area contributed by atoms with E-state index in [1.807, 2.05) is 38.4 Å². The fraction of sp³-hybridized carbons (Fsp3) is 0.471. The van der Waals surface area contributed by atoms with Crippen molar-refractivity contribution in [2.45, 2.75) is 19.3 Å². The first kappa shape index (κ1) is 14.2. The fourth-order valence-electron chi connectivity index (χ4n) is 3.01. The van der Waals surface area contributed by atoms with E-state index in [1.165, 1.54) is 12.8 Å². The highest BCUT2D eigenvalue weighted by Crippen LogP contribution is 2.54. The van der Waals surface area contributed by atoms with Gasteiger partial charge >= 0.3 is 6.01 Å². The van der Waals surface area contributed by atoms with E-state index < -0.39 is 0 Å². The summed E-state index contributed by atoms with van der Waals surface area (Å²) in [4.78, 5) is 14.0. The molecule has 2 aliphatic rings. The summed E-state index contributed by atoms with van der Waals surface area (Å²) in [6.07, 6.45) is 3.68. The van der Waals surface area contributed by atoms with Crippen molar-refractivity contribution in [1.82, 2.24) is 10.2 Å². The Hall–Kier alpha value is -2.37. The maximum absolute atomic E-state index is 12.2. The van der Waals surface area contributed by atoms with Crippen LogP contribution < -0.4 is 10.2 Å². The molecular formula is C17H20N4O2. The monoisotopic (exact) mass is 312 g/mol. The van der Waals surface area contributed by atoms with Crippen molar-refractivity contribution in [3.63, 3.8) is 0 Å². The van der Waals surface area contributed by atoms with Crippen LogP contribution in [0.1, 0.15) is 19.3 Å². The van der Waals surface area contributed by atoms with Gasteiger partial charge in [0.25, 0.3) is 0 Å². The Kier molecular flexibility index (Phi) is 3.32. The zero-order valence-electron chi connectivity index (χ0n) is 13.3. The van der Waals surface area contributed by atoms with Gasteiger partial charge in [-0.3, -0.25) is 4.79 Å². The van der Waals surface area contributed by atoms with E-state index in [9.17, 15) is 4.79 Å². The predicted molar refractivity (Wildman–Crippen MR) is 87.0 cm³/mol. The van der Waals surface area contributed by atoms with Crippen LogP contribution in [-0.2, 0) is 4.79 Å². The zero-order valence-corrected chi connectivity index (χ0v) is 13.3. The number of hydrogen-bond acceptors (Lipinski definition) is 5. The summed E-state index contributed by atoms with van der Waals surface area (Å²) in [6.45, 7) is 0. The normalized spacial score (nSPS) is 22.7. The first-order valence-corrected chi connectivity index (χ1v) is 8.04. The number of nitrogens with zero attached hydrogens (tertiary/aromatic N) is 3. The van der Waals surface area contributed by atoms with Crippen LogP contribution in [0, 0.1) is 17.8 Å². The van der Waals surface area contributed by atoms with Gasteiger partial charge in [-0.2, -0.15) is 0 Å². The van der Waals surface area contributed by atoms with Crippen LogP contribution >= 0.6 is 0 Å². The van der Waals surface area contributed by atoms with E-state index >= 15 is 0 Å². The molecule has 1 amide bonds. The van der Waals surface area contributed by atoms with Crippen LogP contribution in [-0.4, -0.2) is 30.2 Å². The van der Waals surface area contributed by atoms with Gasteiger partial charge in [0, 0.05) is 31.3 Å². The number of benzene rings is 1. The third kappa shape index (κ3) is 2.93. The van der Waals surface area contributed by atoms with Crippen LogP contribution in [0.25, 0.3) is 11.5 Å². The van der Waals surface area contributed by atoms with Crippen molar-refractivity contribution in [3.8, 4) is 11.5 Å². The lowest BCUT2D eigenvalue weighted by Crippen LogP contribution is -2.15. The largest absolute Gasteiger partial charge is 0.403 e. The van der Waals surface area contributed by atoms with Gasteiger partial charge in [-0.15, -0.1) is 5.10 Å².